The summed E-state index contributed by atoms with van der Waals surface area (Å²) in [5, 5.41) is 14.1. The van der Waals surface area contributed by atoms with Crippen LogP contribution in [0.1, 0.15) is 23.2 Å². The van der Waals surface area contributed by atoms with E-state index in [0.717, 1.165) is 51.2 Å². The summed E-state index contributed by atoms with van der Waals surface area (Å²) in [6.45, 7) is 4.67. The Balaban J connectivity index is 1.46. The van der Waals surface area contributed by atoms with Crippen LogP contribution in [0.2, 0.25) is 0 Å². The number of anilines is 3. The van der Waals surface area contributed by atoms with Gasteiger partial charge in [0.2, 0.25) is 16.2 Å². The zero-order valence-electron chi connectivity index (χ0n) is 19.1. The fraction of sp³-hybridized carbons (Fsp3) is 0.524. The molecule has 0 spiro atoms. The molecule has 3 heterocycles. The monoisotopic (exact) mass is 513 g/mol. The van der Waals surface area contributed by atoms with Crippen LogP contribution in [0.5, 0.6) is 5.75 Å². The minimum Gasteiger partial charge on any atom is -0.404 e. The highest BCUT2D eigenvalue weighted by Gasteiger charge is 2.33. The first-order chi connectivity index (χ1) is 16.7. The van der Waals surface area contributed by atoms with E-state index in [0.29, 0.717) is 18.2 Å². The number of benzene rings is 1. The Kier molecular flexibility index (Phi) is 7.72. The van der Waals surface area contributed by atoms with Crippen molar-refractivity contribution in [2.45, 2.75) is 19.2 Å². The molecule has 0 radical (unpaired) electrons. The molecule has 4 rings (SSSR count). The summed E-state index contributed by atoms with van der Waals surface area (Å²) in [6.07, 6.45) is -2.83. The molecule has 0 bridgehead atoms. The predicted octanol–water partition coefficient (Wildman–Crippen LogP) is 2.48. The van der Waals surface area contributed by atoms with Crippen LogP contribution in [0.25, 0.3) is 0 Å². The third-order valence-electron chi connectivity index (χ3n) is 5.72. The van der Waals surface area contributed by atoms with Crippen LogP contribution >= 0.6 is 11.3 Å². The van der Waals surface area contributed by atoms with Crippen molar-refractivity contribution in [2.75, 3.05) is 68.4 Å². The maximum absolute atomic E-state index is 12.9. The number of halogens is 3. The van der Waals surface area contributed by atoms with Gasteiger partial charge in [-0.05, 0) is 38.1 Å². The van der Waals surface area contributed by atoms with Gasteiger partial charge in [0.1, 0.15) is 0 Å². The van der Waals surface area contributed by atoms with Crippen LogP contribution in [0.15, 0.2) is 18.2 Å². The molecule has 2 aliphatic rings. The fourth-order valence-corrected chi connectivity index (χ4v) is 4.64. The molecule has 2 aliphatic heterocycles. The van der Waals surface area contributed by atoms with Gasteiger partial charge in [-0.2, -0.15) is 0 Å². The molecule has 10 nitrogen and oxygen atoms in total. The number of carbonyl (C=O) groups is 2. The van der Waals surface area contributed by atoms with E-state index in [4.69, 9.17) is 0 Å². The number of amides is 2. The van der Waals surface area contributed by atoms with E-state index in [1.807, 2.05) is 11.9 Å². The van der Waals surface area contributed by atoms with Crippen molar-refractivity contribution in [3.8, 4) is 5.75 Å². The Morgan fingerprint density at radius 3 is 2.46 bits per heavy atom. The average molecular weight is 514 g/mol. The molecular weight excluding hydrogens is 487 g/mol. The zero-order chi connectivity index (χ0) is 25.0. The minimum atomic E-state index is -4.96. The topological polar surface area (TPSA) is 103 Å². The number of nitrogens with one attached hydrogen (secondary N) is 2. The number of hydrogen-bond acceptors (Lipinski definition) is 9. The first kappa shape index (κ1) is 25.1. The van der Waals surface area contributed by atoms with E-state index in [1.165, 1.54) is 17.4 Å². The van der Waals surface area contributed by atoms with Crippen molar-refractivity contribution in [1.82, 2.24) is 20.0 Å². The quantitative estimate of drug-likeness (QED) is 0.582. The number of nitrogens with zero attached hydrogens (tertiary/aromatic N) is 5. The van der Waals surface area contributed by atoms with Gasteiger partial charge in [-0.3, -0.25) is 19.8 Å². The molecular formula is C21H26F3N7O3S. The molecule has 0 unspecified atom stereocenters. The molecule has 2 amide bonds. The molecule has 0 saturated carbocycles. The highest BCUT2D eigenvalue weighted by molar-refractivity contribution is 7.19. The lowest BCUT2D eigenvalue weighted by Crippen LogP contribution is -2.47. The van der Waals surface area contributed by atoms with Gasteiger partial charge < -0.3 is 19.9 Å². The molecule has 2 N–H and O–H groups in total. The summed E-state index contributed by atoms with van der Waals surface area (Å²) in [6, 6.07) is 3.35. The number of piperazine rings is 1. The van der Waals surface area contributed by atoms with Gasteiger partial charge in [-0.15, -0.1) is 23.4 Å². The van der Waals surface area contributed by atoms with Gasteiger partial charge >= 0.3 is 6.36 Å². The number of likely N-dealkylation sites (N-methyl/N-ethyl adjacent to an activating group) is 1. The van der Waals surface area contributed by atoms with Crippen LogP contribution in [0, 0.1) is 0 Å². The van der Waals surface area contributed by atoms with E-state index in [9.17, 15) is 22.8 Å². The SMILES string of the molecule is CN1CCN(CC(=O)Nc2cc(C(=O)Nc3nnc(N4CCCC4)s3)ccc2OC(F)(F)F)CC1. The Bertz CT molecular complexity index is 1050. The number of alkyl halides is 3. The minimum absolute atomic E-state index is 0.0137. The summed E-state index contributed by atoms with van der Waals surface area (Å²) in [7, 11) is 1.98. The molecule has 2 fully saturated rings. The molecule has 2 saturated heterocycles. The average Bonchev–Trinajstić information content (AvgIpc) is 3.47. The van der Waals surface area contributed by atoms with E-state index < -0.39 is 23.9 Å². The zero-order valence-corrected chi connectivity index (χ0v) is 19.9. The number of aromatic nitrogens is 2. The van der Waals surface area contributed by atoms with Crippen molar-refractivity contribution in [3.63, 3.8) is 0 Å². The predicted molar refractivity (Wildman–Crippen MR) is 125 cm³/mol. The highest BCUT2D eigenvalue weighted by atomic mass is 32.1. The van der Waals surface area contributed by atoms with Gasteiger partial charge in [-0.25, -0.2) is 0 Å². The van der Waals surface area contributed by atoms with Crippen molar-refractivity contribution in [2.24, 2.45) is 0 Å². The van der Waals surface area contributed by atoms with Gasteiger partial charge in [0.05, 0.1) is 12.2 Å². The summed E-state index contributed by atoms with van der Waals surface area (Å²) in [5.74, 6) is -1.70. The Hall–Kier alpha value is -2.97. The number of rotatable bonds is 7. The smallest absolute Gasteiger partial charge is 0.404 e. The lowest BCUT2D eigenvalue weighted by molar-refractivity contribution is -0.274. The number of ether oxygens (including phenoxy) is 1. The summed E-state index contributed by atoms with van der Waals surface area (Å²) >= 11 is 1.22. The molecule has 14 heteroatoms. The molecule has 1 aromatic heterocycles. The summed E-state index contributed by atoms with van der Waals surface area (Å²) < 4.78 is 42.8. The van der Waals surface area contributed by atoms with Gasteiger partial charge in [0.15, 0.2) is 5.75 Å². The molecule has 2 aromatic rings. The third-order valence-corrected chi connectivity index (χ3v) is 6.62. The number of carbonyl (C=O) groups excluding carboxylic acids is 2. The maximum Gasteiger partial charge on any atom is 0.573 e. The van der Waals surface area contributed by atoms with Crippen molar-refractivity contribution >= 4 is 39.1 Å². The summed E-state index contributed by atoms with van der Waals surface area (Å²) in [5.41, 5.74) is -0.212. The van der Waals surface area contributed by atoms with Crippen LogP contribution in [-0.4, -0.2) is 91.0 Å². The maximum atomic E-state index is 12.9. The Morgan fingerprint density at radius 2 is 1.77 bits per heavy atom. The van der Waals surface area contributed by atoms with E-state index in [2.05, 4.69) is 35.4 Å². The molecule has 0 aliphatic carbocycles. The summed E-state index contributed by atoms with van der Waals surface area (Å²) in [4.78, 5) is 31.4. The first-order valence-corrected chi connectivity index (χ1v) is 12.0. The third kappa shape index (κ3) is 7.02. The Labute approximate surface area is 204 Å². The standard InChI is InChI=1S/C21H26F3N7O3S/c1-29-8-10-30(11-9-29)13-17(32)25-15-12-14(4-5-16(15)34-21(22,23)24)18(33)26-19-27-28-20(35-19)31-6-2-3-7-31/h4-5,12H,2-3,6-11,13H2,1H3,(H,25,32)(H,26,27,33). The van der Waals surface area contributed by atoms with Crippen LogP contribution in [-0.2, 0) is 4.79 Å². The second-order valence-corrected chi connectivity index (χ2v) is 9.38. The second-order valence-electron chi connectivity index (χ2n) is 8.42. The van der Waals surface area contributed by atoms with E-state index in [-0.39, 0.29) is 22.9 Å². The molecule has 35 heavy (non-hydrogen) atoms. The lowest BCUT2D eigenvalue weighted by Gasteiger charge is -2.31. The first-order valence-electron chi connectivity index (χ1n) is 11.2. The number of hydrogen-bond donors (Lipinski definition) is 2. The van der Waals surface area contributed by atoms with E-state index in [1.54, 1.807) is 0 Å². The molecule has 0 atom stereocenters. The Morgan fingerprint density at radius 1 is 1.06 bits per heavy atom. The normalized spacial score (nSPS) is 17.4. The van der Waals surface area contributed by atoms with Crippen molar-refractivity contribution in [1.29, 1.82) is 0 Å². The molecule has 190 valence electrons. The van der Waals surface area contributed by atoms with Crippen LogP contribution < -0.4 is 20.3 Å². The van der Waals surface area contributed by atoms with Gasteiger partial charge in [0.25, 0.3) is 5.91 Å². The van der Waals surface area contributed by atoms with Crippen LogP contribution in [0.4, 0.5) is 29.1 Å². The van der Waals surface area contributed by atoms with E-state index >= 15 is 0 Å². The van der Waals surface area contributed by atoms with Crippen molar-refractivity contribution < 1.29 is 27.5 Å². The van der Waals surface area contributed by atoms with Crippen molar-refractivity contribution in [3.05, 3.63) is 23.8 Å². The van der Waals surface area contributed by atoms with Gasteiger partial charge in [0, 0.05) is 44.8 Å². The van der Waals surface area contributed by atoms with Gasteiger partial charge in [-0.1, -0.05) is 11.3 Å². The second kappa shape index (κ2) is 10.7. The fourth-order valence-electron chi connectivity index (χ4n) is 3.85. The lowest BCUT2D eigenvalue weighted by atomic mass is 10.1. The van der Waals surface area contributed by atoms with Crippen LogP contribution in [0.3, 0.4) is 0 Å². The highest BCUT2D eigenvalue weighted by Crippen LogP contribution is 2.32. The molecule has 1 aromatic carbocycles. The largest absolute Gasteiger partial charge is 0.573 e.